The highest BCUT2D eigenvalue weighted by Crippen LogP contribution is 2.25. The summed E-state index contributed by atoms with van der Waals surface area (Å²) in [6.45, 7) is 4.78. The highest BCUT2D eigenvalue weighted by molar-refractivity contribution is 5.90. The molecule has 0 radical (unpaired) electrons. The SMILES string of the molecule is C=CCCCCCCOC1CCC(OC(=O)c2ccc(/C=C/C(=O)OCCc3cc(N)cc(N)c3)cc2)CC1. The summed E-state index contributed by atoms with van der Waals surface area (Å²) in [5.74, 6) is -0.769. The number of rotatable bonds is 15. The molecule has 1 saturated carbocycles. The molecular weight excluding hydrogens is 492 g/mol. The zero-order valence-electron chi connectivity index (χ0n) is 22.8. The molecule has 1 fully saturated rings. The summed E-state index contributed by atoms with van der Waals surface area (Å²) in [7, 11) is 0. The predicted molar refractivity (Wildman–Crippen MR) is 156 cm³/mol. The van der Waals surface area contributed by atoms with Gasteiger partial charge in [-0.3, -0.25) is 0 Å². The number of hydrogen-bond acceptors (Lipinski definition) is 7. The summed E-state index contributed by atoms with van der Waals surface area (Å²) in [6, 6.07) is 12.3. The first-order valence-corrected chi connectivity index (χ1v) is 14.0. The quantitative estimate of drug-likeness (QED) is 0.0910. The van der Waals surface area contributed by atoms with E-state index in [-0.39, 0.29) is 24.8 Å². The van der Waals surface area contributed by atoms with Crippen molar-refractivity contribution < 1.29 is 23.8 Å². The molecule has 0 atom stereocenters. The van der Waals surface area contributed by atoms with Crippen LogP contribution in [0.2, 0.25) is 0 Å². The van der Waals surface area contributed by atoms with Crippen LogP contribution in [0.5, 0.6) is 0 Å². The first-order valence-electron chi connectivity index (χ1n) is 14.0. The van der Waals surface area contributed by atoms with E-state index in [2.05, 4.69) is 6.58 Å². The first kappa shape index (κ1) is 30.0. The lowest BCUT2D eigenvalue weighted by Gasteiger charge is -2.28. The van der Waals surface area contributed by atoms with Gasteiger partial charge in [0, 0.05) is 30.5 Å². The molecule has 2 aromatic rings. The lowest BCUT2D eigenvalue weighted by molar-refractivity contribution is -0.137. The third-order valence-corrected chi connectivity index (χ3v) is 6.78. The number of anilines is 2. The van der Waals surface area contributed by atoms with E-state index in [4.69, 9.17) is 25.7 Å². The highest BCUT2D eigenvalue weighted by atomic mass is 16.5. The van der Waals surface area contributed by atoms with Crippen molar-refractivity contribution in [2.75, 3.05) is 24.7 Å². The molecule has 0 saturated heterocycles. The van der Waals surface area contributed by atoms with Gasteiger partial charge in [0.15, 0.2) is 0 Å². The molecule has 39 heavy (non-hydrogen) atoms. The summed E-state index contributed by atoms with van der Waals surface area (Å²) in [4.78, 5) is 24.6. The number of carbonyl (C=O) groups excluding carboxylic acids is 2. The fraction of sp³-hybridized carbons (Fsp3) is 0.438. The number of hydrogen-bond donors (Lipinski definition) is 2. The van der Waals surface area contributed by atoms with Crippen molar-refractivity contribution in [3.63, 3.8) is 0 Å². The van der Waals surface area contributed by atoms with Gasteiger partial charge in [-0.05, 0) is 92.5 Å². The fourth-order valence-electron chi connectivity index (χ4n) is 4.63. The Morgan fingerprint density at radius 1 is 0.872 bits per heavy atom. The molecule has 0 aliphatic heterocycles. The van der Waals surface area contributed by atoms with E-state index in [0.717, 1.165) is 56.3 Å². The summed E-state index contributed by atoms with van der Waals surface area (Å²) in [5.41, 5.74) is 14.9. The number of benzene rings is 2. The Balaban J connectivity index is 1.32. The Morgan fingerprint density at radius 3 is 2.23 bits per heavy atom. The maximum atomic E-state index is 12.6. The Kier molecular flexibility index (Phi) is 12.6. The van der Waals surface area contributed by atoms with Crippen molar-refractivity contribution in [1.29, 1.82) is 0 Å². The lowest BCUT2D eigenvalue weighted by Crippen LogP contribution is -2.28. The van der Waals surface area contributed by atoms with Gasteiger partial charge < -0.3 is 25.7 Å². The van der Waals surface area contributed by atoms with E-state index in [1.807, 2.05) is 18.2 Å². The lowest BCUT2D eigenvalue weighted by atomic mass is 9.95. The molecule has 0 spiro atoms. The maximum Gasteiger partial charge on any atom is 0.338 e. The minimum atomic E-state index is -0.446. The van der Waals surface area contributed by atoms with Crippen LogP contribution >= 0.6 is 0 Å². The van der Waals surface area contributed by atoms with Crippen LogP contribution in [0.1, 0.15) is 79.3 Å². The second-order valence-corrected chi connectivity index (χ2v) is 10.0. The van der Waals surface area contributed by atoms with Crippen molar-refractivity contribution in [1.82, 2.24) is 0 Å². The number of allylic oxidation sites excluding steroid dienone is 1. The van der Waals surface area contributed by atoms with Gasteiger partial charge in [-0.2, -0.15) is 0 Å². The molecule has 0 heterocycles. The molecule has 7 heteroatoms. The van der Waals surface area contributed by atoms with E-state index in [1.165, 1.54) is 25.3 Å². The number of nitrogen functional groups attached to an aromatic ring is 2. The van der Waals surface area contributed by atoms with E-state index in [1.54, 1.807) is 36.4 Å². The number of carbonyl (C=O) groups is 2. The van der Waals surface area contributed by atoms with Crippen molar-refractivity contribution >= 4 is 29.4 Å². The Hall–Kier alpha value is -3.58. The Morgan fingerprint density at radius 2 is 1.54 bits per heavy atom. The van der Waals surface area contributed by atoms with Crippen molar-refractivity contribution in [2.24, 2.45) is 0 Å². The molecule has 210 valence electrons. The molecule has 0 aromatic heterocycles. The largest absolute Gasteiger partial charge is 0.462 e. The smallest absolute Gasteiger partial charge is 0.338 e. The number of ether oxygens (including phenoxy) is 3. The van der Waals surface area contributed by atoms with Crippen LogP contribution in [0.3, 0.4) is 0 Å². The molecule has 0 unspecified atom stereocenters. The minimum Gasteiger partial charge on any atom is -0.462 e. The van der Waals surface area contributed by atoms with E-state index in [0.29, 0.717) is 23.4 Å². The molecule has 1 aliphatic carbocycles. The predicted octanol–water partition coefficient (Wildman–Crippen LogP) is 6.27. The minimum absolute atomic E-state index is 0.0747. The summed E-state index contributed by atoms with van der Waals surface area (Å²) in [6.07, 6.45) is 15.0. The van der Waals surface area contributed by atoms with Crippen LogP contribution in [0.15, 0.2) is 61.2 Å². The standard InChI is InChI=1S/C32H42N2O5/c1-2-3-4-5-6-7-19-37-29-13-15-30(16-14-29)39-32(36)26-11-8-24(9-12-26)10-17-31(35)38-20-18-25-21-27(33)23-28(34)22-25/h2,8-12,17,21-23,29-30H,1,3-7,13-16,18-20,33-34H2/b17-10+. The Labute approximate surface area is 232 Å². The van der Waals surface area contributed by atoms with Gasteiger partial charge in [-0.1, -0.05) is 31.1 Å². The van der Waals surface area contributed by atoms with Crippen molar-refractivity contribution in [3.05, 3.63) is 77.9 Å². The average Bonchev–Trinajstić information content (AvgIpc) is 2.92. The van der Waals surface area contributed by atoms with Crippen LogP contribution in [0.4, 0.5) is 11.4 Å². The summed E-state index contributed by atoms with van der Waals surface area (Å²) >= 11 is 0. The van der Waals surface area contributed by atoms with Gasteiger partial charge >= 0.3 is 11.9 Å². The number of unbranched alkanes of at least 4 members (excludes halogenated alkanes) is 4. The maximum absolute atomic E-state index is 12.6. The van der Waals surface area contributed by atoms with Crippen molar-refractivity contribution in [3.8, 4) is 0 Å². The Bertz CT molecular complexity index is 1070. The monoisotopic (exact) mass is 534 g/mol. The highest BCUT2D eigenvalue weighted by Gasteiger charge is 2.24. The number of esters is 2. The van der Waals surface area contributed by atoms with E-state index in [9.17, 15) is 9.59 Å². The van der Waals surface area contributed by atoms with Gasteiger partial charge in [0.05, 0.1) is 18.3 Å². The molecule has 7 nitrogen and oxygen atoms in total. The zero-order chi connectivity index (χ0) is 27.9. The van der Waals surface area contributed by atoms with Crippen LogP contribution in [0, 0.1) is 0 Å². The second kappa shape index (κ2) is 16.4. The van der Waals surface area contributed by atoms with Crippen LogP contribution in [-0.4, -0.2) is 37.4 Å². The number of nitrogens with two attached hydrogens (primary N) is 2. The van der Waals surface area contributed by atoms with Gasteiger partial charge in [0.2, 0.25) is 0 Å². The van der Waals surface area contributed by atoms with Gasteiger partial charge in [-0.15, -0.1) is 6.58 Å². The van der Waals surface area contributed by atoms with Gasteiger partial charge in [0.25, 0.3) is 0 Å². The van der Waals surface area contributed by atoms with E-state index < -0.39 is 5.97 Å². The third kappa shape index (κ3) is 11.4. The van der Waals surface area contributed by atoms with E-state index >= 15 is 0 Å². The molecule has 0 amide bonds. The van der Waals surface area contributed by atoms with Crippen LogP contribution in [-0.2, 0) is 25.4 Å². The summed E-state index contributed by atoms with van der Waals surface area (Å²) < 4.78 is 17.0. The first-order chi connectivity index (χ1) is 18.9. The molecule has 1 aliphatic rings. The molecule has 2 aromatic carbocycles. The average molecular weight is 535 g/mol. The van der Waals surface area contributed by atoms with Crippen molar-refractivity contribution in [2.45, 2.75) is 76.4 Å². The normalized spacial score (nSPS) is 17.1. The van der Waals surface area contributed by atoms with Crippen LogP contribution in [0.25, 0.3) is 6.08 Å². The molecule has 3 rings (SSSR count). The fourth-order valence-corrected chi connectivity index (χ4v) is 4.63. The van der Waals surface area contributed by atoms with Crippen LogP contribution < -0.4 is 11.5 Å². The van der Waals surface area contributed by atoms with Gasteiger partial charge in [-0.25, -0.2) is 9.59 Å². The second-order valence-electron chi connectivity index (χ2n) is 10.0. The van der Waals surface area contributed by atoms with Gasteiger partial charge in [0.1, 0.15) is 6.10 Å². The molecular formula is C32H42N2O5. The third-order valence-electron chi connectivity index (χ3n) is 6.78. The molecule has 4 N–H and O–H groups in total. The summed E-state index contributed by atoms with van der Waals surface area (Å²) in [5, 5.41) is 0. The zero-order valence-corrected chi connectivity index (χ0v) is 22.8. The topological polar surface area (TPSA) is 114 Å². The molecule has 0 bridgehead atoms.